The molecule has 1 aliphatic carbocycles. The van der Waals surface area contributed by atoms with Crippen molar-refractivity contribution in [3.8, 4) is 0 Å². The summed E-state index contributed by atoms with van der Waals surface area (Å²) in [5.74, 6) is -0.437. The molecule has 1 atom stereocenters. The number of hydrogen-bond acceptors (Lipinski definition) is 3. The Hall–Kier alpha value is -1.38. The summed E-state index contributed by atoms with van der Waals surface area (Å²) >= 11 is 0. The number of ketones is 1. The fourth-order valence-electron chi connectivity index (χ4n) is 2.03. The van der Waals surface area contributed by atoms with Gasteiger partial charge >= 0.3 is 5.97 Å². The lowest BCUT2D eigenvalue weighted by atomic mass is 9.66. The summed E-state index contributed by atoms with van der Waals surface area (Å²) in [5.41, 5.74) is -0.139. The van der Waals surface area contributed by atoms with Crippen LogP contribution >= 0.6 is 0 Å². The third-order valence-electron chi connectivity index (χ3n) is 4.19. The van der Waals surface area contributed by atoms with E-state index in [1.165, 1.54) is 0 Å². The first-order valence-corrected chi connectivity index (χ1v) is 6.25. The fraction of sp³-hybridized carbons (Fsp3) is 0.600. The Labute approximate surface area is 109 Å². The lowest BCUT2D eigenvalue weighted by Crippen LogP contribution is -2.40. The minimum absolute atomic E-state index is 0.0187. The summed E-state index contributed by atoms with van der Waals surface area (Å²) in [6.07, 6.45) is 6.47. The zero-order chi connectivity index (χ0) is 14.0. The van der Waals surface area contributed by atoms with Crippen LogP contribution in [0.15, 0.2) is 23.8 Å². The predicted octanol–water partition coefficient (Wildman–Crippen LogP) is 3.06. The van der Waals surface area contributed by atoms with Crippen molar-refractivity contribution in [1.82, 2.24) is 0 Å². The maximum atomic E-state index is 12.3. The molecule has 1 aliphatic rings. The Morgan fingerprint density at radius 2 is 1.94 bits per heavy atom. The number of carbonyl (C=O) groups is 2. The minimum Gasteiger partial charge on any atom is -0.454 e. The van der Waals surface area contributed by atoms with E-state index in [1.807, 2.05) is 26.8 Å². The van der Waals surface area contributed by atoms with Crippen LogP contribution in [0.3, 0.4) is 0 Å². The molecule has 1 unspecified atom stereocenters. The zero-order valence-electron chi connectivity index (χ0n) is 11.9. The molecule has 0 fully saturated rings. The van der Waals surface area contributed by atoms with Crippen LogP contribution in [0, 0.1) is 10.8 Å². The highest BCUT2D eigenvalue weighted by molar-refractivity contribution is 5.92. The molecule has 18 heavy (non-hydrogen) atoms. The van der Waals surface area contributed by atoms with Crippen LogP contribution < -0.4 is 0 Å². The first-order chi connectivity index (χ1) is 8.24. The van der Waals surface area contributed by atoms with E-state index < -0.39 is 11.4 Å². The van der Waals surface area contributed by atoms with Crippen molar-refractivity contribution in [3.05, 3.63) is 23.8 Å². The van der Waals surface area contributed by atoms with Crippen LogP contribution in [-0.2, 0) is 14.3 Å². The number of allylic oxidation sites excluding steroid dienone is 3. The summed E-state index contributed by atoms with van der Waals surface area (Å²) in [6.45, 7) is 9.30. The summed E-state index contributed by atoms with van der Waals surface area (Å²) in [4.78, 5) is 23.8. The van der Waals surface area contributed by atoms with Gasteiger partial charge in [0.15, 0.2) is 12.4 Å². The van der Waals surface area contributed by atoms with E-state index >= 15 is 0 Å². The van der Waals surface area contributed by atoms with E-state index in [-0.39, 0.29) is 17.8 Å². The van der Waals surface area contributed by atoms with Crippen LogP contribution in [0.5, 0.6) is 0 Å². The monoisotopic (exact) mass is 250 g/mol. The van der Waals surface area contributed by atoms with E-state index in [4.69, 9.17) is 4.74 Å². The number of rotatable bonds is 4. The Morgan fingerprint density at radius 3 is 2.39 bits per heavy atom. The van der Waals surface area contributed by atoms with Crippen molar-refractivity contribution in [3.63, 3.8) is 0 Å². The first kappa shape index (κ1) is 14.7. The molecule has 0 spiro atoms. The molecule has 3 heteroatoms. The van der Waals surface area contributed by atoms with E-state index in [0.717, 1.165) is 0 Å². The molecule has 0 aromatic carbocycles. The van der Waals surface area contributed by atoms with E-state index in [0.29, 0.717) is 12.0 Å². The highest BCUT2D eigenvalue weighted by Crippen LogP contribution is 2.48. The van der Waals surface area contributed by atoms with Gasteiger partial charge in [-0.15, -0.1) is 0 Å². The number of hydrogen-bond donors (Lipinski definition) is 0. The smallest absolute Gasteiger partial charge is 0.333 e. The van der Waals surface area contributed by atoms with Crippen molar-refractivity contribution in [2.45, 2.75) is 41.0 Å². The molecule has 0 aromatic rings. The topological polar surface area (TPSA) is 43.4 Å². The Balaban J connectivity index is 2.65. The summed E-state index contributed by atoms with van der Waals surface area (Å²) in [5, 5.41) is 0. The molecule has 0 amide bonds. The van der Waals surface area contributed by atoms with E-state index in [2.05, 4.69) is 6.08 Å². The highest BCUT2D eigenvalue weighted by Gasteiger charge is 2.47. The van der Waals surface area contributed by atoms with Gasteiger partial charge in [0.1, 0.15) is 0 Å². The van der Waals surface area contributed by atoms with E-state index in [9.17, 15) is 9.59 Å². The molecule has 0 aromatic heterocycles. The number of carbonyl (C=O) groups excluding carboxylic acids is 2. The minimum atomic E-state index is -0.475. The molecule has 100 valence electrons. The summed E-state index contributed by atoms with van der Waals surface area (Å²) in [6, 6.07) is 0. The number of Topliss-reactive ketones (excluding diaryl/α,β-unsaturated/α-hetero) is 1. The molecule has 3 nitrogen and oxygen atoms in total. The van der Waals surface area contributed by atoms with Gasteiger partial charge in [-0.1, -0.05) is 39.0 Å². The Morgan fingerprint density at radius 1 is 1.33 bits per heavy atom. The van der Waals surface area contributed by atoms with Crippen LogP contribution in [0.25, 0.3) is 0 Å². The van der Waals surface area contributed by atoms with Crippen molar-refractivity contribution in [1.29, 1.82) is 0 Å². The van der Waals surface area contributed by atoms with Gasteiger partial charge in [0.2, 0.25) is 0 Å². The zero-order valence-corrected chi connectivity index (χ0v) is 11.9. The standard InChI is InChI=1S/C15H22O3/c1-6-11(2)13(17)18-10-12(16)15(5)9-7-8-14(15,3)4/h6-8H,9-10H2,1-5H3/b11-6+. The maximum absolute atomic E-state index is 12.3. The molecular weight excluding hydrogens is 228 g/mol. The van der Waals surface area contributed by atoms with Crippen molar-refractivity contribution in [2.24, 2.45) is 10.8 Å². The molecular formula is C15H22O3. The third kappa shape index (κ3) is 2.55. The fourth-order valence-corrected chi connectivity index (χ4v) is 2.03. The van der Waals surface area contributed by atoms with Crippen LogP contribution in [0.1, 0.15) is 41.0 Å². The molecule has 0 N–H and O–H groups in total. The average Bonchev–Trinajstić information content (AvgIpc) is 2.60. The number of ether oxygens (including phenoxy) is 1. The molecule has 0 bridgehead atoms. The lowest BCUT2D eigenvalue weighted by molar-refractivity contribution is -0.149. The second kappa shape index (κ2) is 5.09. The summed E-state index contributed by atoms with van der Waals surface area (Å²) < 4.78 is 5.04. The highest BCUT2D eigenvalue weighted by atomic mass is 16.5. The average molecular weight is 250 g/mol. The molecule has 0 saturated carbocycles. The van der Waals surface area contributed by atoms with Gasteiger partial charge in [-0.2, -0.15) is 0 Å². The quantitative estimate of drug-likeness (QED) is 0.437. The van der Waals surface area contributed by atoms with Gasteiger partial charge in [0.25, 0.3) is 0 Å². The normalized spacial score (nSPS) is 26.2. The SMILES string of the molecule is C/C=C(\C)C(=O)OCC(=O)C1(C)CC=CC1(C)C. The Kier molecular flexibility index (Phi) is 4.15. The summed E-state index contributed by atoms with van der Waals surface area (Å²) in [7, 11) is 0. The van der Waals surface area contributed by atoms with E-state index in [1.54, 1.807) is 19.9 Å². The van der Waals surface area contributed by atoms with Crippen molar-refractivity contribution < 1.29 is 14.3 Å². The molecule has 0 saturated heterocycles. The van der Waals surface area contributed by atoms with Gasteiger partial charge in [0, 0.05) is 11.0 Å². The van der Waals surface area contributed by atoms with Crippen LogP contribution in [0.4, 0.5) is 0 Å². The van der Waals surface area contributed by atoms with Gasteiger partial charge in [-0.25, -0.2) is 4.79 Å². The first-order valence-electron chi connectivity index (χ1n) is 6.25. The molecule has 0 radical (unpaired) electrons. The third-order valence-corrected chi connectivity index (χ3v) is 4.19. The molecule has 1 rings (SSSR count). The second-order valence-corrected chi connectivity index (χ2v) is 5.63. The van der Waals surface area contributed by atoms with Crippen molar-refractivity contribution >= 4 is 11.8 Å². The second-order valence-electron chi connectivity index (χ2n) is 5.63. The number of esters is 1. The van der Waals surface area contributed by atoms with Gasteiger partial charge in [-0.3, -0.25) is 4.79 Å². The molecule has 0 heterocycles. The largest absolute Gasteiger partial charge is 0.454 e. The van der Waals surface area contributed by atoms with Gasteiger partial charge in [0.05, 0.1) is 0 Å². The predicted molar refractivity (Wildman–Crippen MR) is 71.0 cm³/mol. The Bertz CT molecular complexity index is 415. The van der Waals surface area contributed by atoms with Crippen LogP contribution in [-0.4, -0.2) is 18.4 Å². The van der Waals surface area contributed by atoms with Crippen molar-refractivity contribution in [2.75, 3.05) is 6.61 Å². The lowest BCUT2D eigenvalue weighted by Gasteiger charge is -2.36. The van der Waals surface area contributed by atoms with Crippen LogP contribution in [0.2, 0.25) is 0 Å². The van der Waals surface area contributed by atoms with Gasteiger partial charge in [-0.05, 0) is 25.7 Å². The molecule has 0 aliphatic heterocycles. The van der Waals surface area contributed by atoms with Gasteiger partial charge < -0.3 is 4.74 Å². The maximum Gasteiger partial charge on any atom is 0.333 e.